The Morgan fingerprint density at radius 3 is 3.08 bits per heavy atom. The molecule has 0 radical (unpaired) electrons. The van der Waals surface area contributed by atoms with Crippen LogP contribution in [0.2, 0.25) is 0 Å². The summed E-state index contributed by atoms with van der Waals surface area (Å²) in [5.41, 5.74) is 0. The fourth-order valence-corrected chi connectivity index (χ4v) is 2.73. The molecule has 0 aliphatic carbocycles. The highest BCUT2D eigenvalue weighted by molar-refractivity contribution is 9.10. The first-order valence-corrected chi connectivity index (χ1v) is 6.80. The largest absolute Gasteiger partial charge is 0.355 e. The molecule has 4 heteroatoms. The Morgan fingerprint density at radius 2 is 2.54 bits per heavy atom. The SMILES string of the molecule is CCC(Br)C(=O)NCC1CCSC1. The summed E-state index contributed by atoms with van der Waals surface area (Å²) < 4.78 is 0. The van der Waals surface area contributed by atoms with E-state index in [2.05, 4.69) is 21.2 Å². The average molecular weight is 266 g/mol. The summed E-state index contributed by atoms with van der Waals surface area (Å²) in [7, 11) is 0. The van der Waals surface area contributed by atoms with Crippen molar-refractivity contribution in [3.63, 3.8) is 0 Å². The summed E-state index contributed by atoms with van der Waals surface area (Å²) in [6.45, 7) is 2.86. The first-order valence-electron chi connectivity index (χ1n) is 4.73. The summed E-state index contributed by atoms with van der Waals surface area (Å²) >= 11 is 5.32. The van der Waals surface area contributed by atoms with Crippen LogP contribution in [0.15, 0.2) is 0 Å². The van der Waals surface area contributed by atoms with Crippen LogP contribution in [0, 0.1) is 5.92 Å². The zero-order valence-corrected chi connectivity index (χ0v) is 10.3. The number of carbonyl (C=O) groups is 1. The van der Waals surface area contributed by atoms with Crippen molar-refractivity contribution >= 4 is 33.6 Å². The third kappa shape index (κ3) is 3.90. The summed E-state index contributed by atoms with van der Waals surface area (Å²) in [5, 5.41) is 2.98. The monoisotopic (exact) mass is 265 g/mol. The molecule has 0 aromatic carbocycles. The van der Waals surface area contributed by atoms with Gasteiger partial charge in [0.15, 0.2) is 0 Å². The highest BCUT2D eigenvalue weighted by Crippen LogP contribution is 2.22. The summed E-state index contributed by atoms with van der Waals surface area (Å²) in [6, 6.07) is 0. The lowest BCUT2D eigenvalue weighted by Gasteiger charge is -2.12. The third-order valence-corrected chi connectivity index (χ3v) is 4.53. The Hall–Kier alpha value is 0.300. The molecule has 1 heterocycles. The lowest BCUT2D eigenvalue weighted by atomic mass is 10.1. The molecule has 1 rings (SSSR count). The van der Waals surface area contributed by atoms with Crippen molar-refractivity contribution in [2.75, 3.05) is 18.1 Å². The molecule has 0 bridgehead atoms. The Balaban J connectivity index is 2.13. The molecule has 0 aromatic heterocycles. The molecule has 2 unspecified atom stereocenters. The molecule has 0 saturated carbocycles. The van der Waals surface area contributed by atoms with Crippen molar-refractivity contribution in [3.8, 4) is 0 Å². The van der Waals surface area contributed by atoms with Crippen molar-refractivity contribution in [1.82, 2.24) is 5.32 Å². The minimum Gasteiger partial charge on any atom is -0.355 e. The molecular formula is C9H16BrNOS. The van der Waals surface area contributed by atoms with Gasteiger partial charge in [0.25, 0.3) is 0 Å². The van der Waals surface area contributed by atoms with E-state index in [0.717, 1.165) is 13.0 Å². The van der Waals surface area contributed by atoms with Crippen LogP contribution in [-0.4, -0.2) is 28.8 Å². The van der Waals surface area contributed by atoms with Crippen LogP contribution in [0.4, 0.5) is 0 Å². The van der Waals surface area contributed by atoms with Gasteiger partial charge in [-0.25, -0.2) is 0 Å². The normalized spacial score (nSPS) is 24.3. The fraction of sp³-hybridized carbons (Fsp3) is 0.889. The predicted octanol–water partition coefficient (Wildman–Crippen LogP) is 2.03. The first kappa shape index (κ1) is 11.4. The lowest BCUT2D eigenvalue weighted by molar-refractivity contribution is -0.120. The smallest absolute Gasteiger partial charge is 0.233 e. The molecular weight excluding hydrogens is 250 g/mol. The summed E-state index contributed by atoms with van der Waals surface area (Å²) in [6.07, 6.45) is 2.11. The maximum Gasteiger partial charge on any atom is 0.233 e. The van der Waals surface area contributed by atoms with Gasteiger partial charge in [-0.2, -0.15) is 11.8 Å². The van der Waals surface area contributed by atoms with Crippen molar-refractivity contribution < 1.29 is 4.79 Å². The highest BCUT2D eigenvalue weighted by Gasteiger charge is 2.18. The molecule has 2 atom stereocenters. The predicted molar refractivity (Wildman–Crippen MR) is 61.4 cm³/mol. The highest BCUT2D eigenvalue weighted by atomic mass is 79.9. The van der Waals surface area contributed by atoms with Gasteiger partial charge in [0.05, 0.1) is 4.83 Å². The topological polar surface area (TPSA) is 29.1 Å². The Morgan fingerprint density at radius 1 is 1.77 bits per heavy atom. The minimum absolute atomic E-state index is 0.0124. The van der Waals surface area contributed by atoms with Crippen molar-refractivity contribution in [1.29, 1.82) is 0 Å². The molecule has 13 heavy (non-hydrogen) atoms. The second kappa shape index (κ2) is 5.91. The molecule has 76 valence electrons. The molecule has 0 aromatic rings. The van der Waals surface area contributed by atoms with Crippen LogP contribution in [0.1, 0.15) is 19.8 Å². The van der Waals surface area contributed by atoms with Crippen molar-refractivity contribution in [3.05, 3.63) is 0 Å². The summed E-state index contributed by atoms with van der Waals surface area (Å²) in [4.78, 5) is 11.4. The van der Waals surface area contributed by atoms with Crippen LogP contribution in [0.5, 0.6) is 0 Å². The maximum absolute atomic E-state index is 11.4. The second-order valence-corrected chi connectivity index (χ2v) is 5.61. The van der Waals surface area contributed by atoms with Gasteiger partial charge in [0, 0.05) is 6.54 Å². The van der Waals surface area contributed by atoms with Gasteiger partial charge in [0.2, 0.25) is 5.91 Å². The van der Waals surface area contributed by atoms with Crippen LogP contribution in [-0.2, 0) is 4.79 Å². The number of hydrogen-bond acceptors (Lipinski definition) is 2. The number of alkyl halides is 1. The number of rotatable bonds is 4. The van der Waals surface area contributed by atoms with Gasteiger partial charge in [-0.1, -0.05) is 22.9 Å². The van der Waals surface area contributed by atoms with E-state index in [1.165, 1.54) is 17.9 Å². The van der Waals surface area contributed by atoms with Crippen LogP contribution < -0.4 is 5.32 Å². The average Bonchev–Trinajstić information content (AvgIpc) is 2.65. The molecule has 1 aliphatic rings. The zero-order valence-electron chi connectivity index (χ0n) is 7.88. The molecule has 1 saturated heterocycles. The van der Waals surface area contributed by atoms with Crippen LogP contribution in [0.25, 0.3) is 0 Å². The molecule has 1 fully saturated rings. The Labute approximate surface area is 92.4 Å². The van der Waals surface area contributed by atoms with E-state index in [9.17, 15) is 4.79 Å². The third-order valence-electron chi connectivity index (χ3n) is 2.23. The quantitative estimate of drug-likeness (QED) is 0.789. The number of nitrogens with one attached hydrogen (secondary N) is 1. The lowest BCUT2D eigenvalue weighted by Crippen LogP contribution is -2.34. The first-order chi connectivity index (χ1) is 6.24. The van der Waals surface area contributed by atoms with Gasteiger partial charge in [0.1, 0.15) is 0 Å². The van der Waals surface area contributed by atoms with E-state index in [-0.39, 0.29) is 10.7 Å². The van der Waals surface area contributed by atoms with Gasteiger partial charge in [-0.15, -0.1) is 0 Å². The molecule has 0 spiro atoms. The number of carbonyl (C=O) groups excluding carboxylic acids is 1. The van der Waals surface area contributed by atoms with E-state index in [0.29, 0.717) is 5.92 Å². The van der Waals surface area contributed by atoms with Crippen LogP contribution in [0.3, 0.4) is 0 Å². The van der Waals surface area contributed by atoms with E-state index in [1.54, 1.807) is 0 Å². The van der Waals surface area contributed by atoms with E-state index < -0.39 is 0 Å². The van der Waals surface area contributed by atoms with E-state index in [4.69, 9.17) is 0 Å². The molecule has 1 amide bonds. The number of amides is 1. The molecule has 1 aliphatic heterocycles. The number of halogens is 1. The van der Waals surface area contributed by atoms with Crippen molar-refractivity contribution in [2.45, 2.75) is 24.6 Å². The van der Waals surface area contributed by atoms with E-state index >= 15 is 0 Å². The zero-order chi connectivity index (χ0) is 9.68. The second-order valence-electron chi connectivity index (χ2n) is 3.35. The maximum atomic E-state index is 11.4. The molecule has 2 nitrogen and oxygen atoms in total. The van der Waals surface area contributed by atoms with Crippen molar-refractivity contribution in [2.24, 2.45) is 5.92 Å². The summed E-state index contributed by atoms with van der Waals surface area (Å²) in [5.74, 6) is 3.30. The van der Waals surface area contributed by atoms with Crippen LogP contribution >= 0.6 is 27.7 Å². The van der Waals surface area contributed by atoms with Gasteiger partial charge >= 0.3 is 0 Å². The number of hydrogen-bond donors (Lipinski definition) is 1. The Bertz CT molecular complexity index is 171. The van der Waals surface area contributed by atoms with Gasteiger partial charge in [-0.3, -0.25) is 4.79 Å². The van der Waals surface area contributed by atoms with Gasteiger partial charge in [-0.05, 0) is 30.3 Å². The fourth-order valence-electron chi connectivity index (χ4n) is 1.29. The van der Waals surface area contributed by atoms with Gasteiger partial charge < -0.3 is 5.32 Å². The number of thioether (sulfide) groups is 1. The standard InChI is InChI=1S/C9H16BrNOS/c1-2-8(10)9(12)11-5-7-3-4-13-6-7/h7-8H,2-6H2,1H3,(H,11,12). The van der Waals surface area contributed by atoms with E-state index in [1.807, 2.05) is 18.7 Å². The minimum atomic E-state index is -0.0124. The Kier molecular flexibility index (Phi) is 5.17. The molecule has 1 N–H and O–H groups in total.